The summed E-state index contributed by atoms with van der Waals surface area (Å²) in [6.45, 7) is 1.96. The van der Waals surface area contributed by atoms with Crippen LogP contribution in [-0.4, -0.2) is 30.8 Å². The van der Waals surface area contributed by atoms with Crippen molar-refractivity contribution in [1.82, 2.24) is 4.90 Å². The number of benzene rings is 2. The third kappa shape index (κ3) is 3.14. The van der Waals surface area contributed by atoms with E-state index >= 15 is 0 Å². The van der Waals surface area contributed by atoms with E-state index in [1.165, 1.54) is 11.1 Å². The summed E-state index contributed by atoms with van der Waals surface area (Å²) in [4.78, 5) is 15.6. The largest absolute Gasteiger partial charge is 0.454 e. The van der Waals surface area contributed by atoms with Gasteiger partial charge in [0, 0.05) is 12.2 Å². The Bertz CT molecular complexity index is 875. The van der Waals surface area contributed by atoms with Crippen LogP contribution < -0.4 is 9.47 Å². The van der Waals surface area contributed by atoms with E-state index in [2.05, 4.69) is 29.2 Å². The van der Waals surface area contributed by atoms with Crippen molar-refractivity contribution in [3.63, 3.8) is 0 Å². The number of ether oxygens (including phenoxy) is 3. The molecule has 2 heterocycles. The first-order valence-corrected chi connectivity index (χ1v) is 10.1. The molecule has 2 aliphatic heterocycles. The molecule has 2 atom stereocenters. The summed E-state index contributed by atoms with van der Waals surface area (Å²) in [6, 6.07) is 14.6. The molecule has 0 bridgehead atoms. The number of carbonyl (C=O) groups excluding carboxylic acids is 1. The maximum atomic E-state index is 13.5. The van der Waals surface area contributed by atoms with Gasteiger partial charge >= 0.3 is 0 Å². The minimum absolute atomic E-state index is 0.0528. The van der Waals surface area contributed by atoms with Crippen molar-refractivity contribution in [2.45, 2.75) is 38.3 Å². The van der Waals surface area contributed by atoms with Crippen molar-refractivity contribution >= 4 is 5.91 Å². The molecule has 5 rings (SSSR count). The maximum Gasteiger partial charge on any atom is 0.231 e. The number of rotatable bonds is 4. The predicted molar refractivity (Wildman–Crippen MR) is 104 cm³/mol. The molecule has 0 radical (unpaired) electrons. The number of para-hydroxylation sites is 1. The van der Waals surface area contributed by atoms with Crippen molar-refractivity contribution in [3.05, 3.63) is 59.2 Å². The molecule has 0 spiro atoms. The second-order valence-electron chi connectivity index (χ2n) is 7.78. The zero-order valence-electron chi connectivity index (χ0n) is 15.9. The summed E-state index contributed by atoms with van der Waals surface area (Å²) in [7, 11) is 0. The average Bonchev–Trinajstić information content (AvgIpc) is 3.43. The Kier molecular flexibility index (Phi) is 4.69. The molecule has 146 valence electrons. The normalized spacial score (nSPS) is 22.7. The van der Waals surface area contributed by atoms with Gasteiger partial charge < -0.3 is 19.1 Å². The van der Waals surface area contributed by atoms with Crippen LogP contribution in [0.1, 0.15) is 42.0 Å². The summed E-state index contributed by atoms with van der Waals surface area (Å²) in [6.07, 6.45) is 3.97. The molecule has 1 saturated heterocycles. The SMILES string of the molecule is O=C([C@H]1CCOC1)N(Cc1cccc2c1OCO2)[C@@H]1CCCc2ccccc21. The first-order chi connectivity index (χ1) is 13.8. The fraction of sp³-hybridized carbons (Fsp3) is 0.435. The smallest absolute Gasteiger partial charge is 0.231 e. The van der Waals surface area contributed by atoms with Crippen LogP contribution in [0.5, 0.6) is 11.5 Å². The first-order valence-electron chi connectivity index (χ1n) is 10.1. The molecular formula is C23H25NO4. The number of nitrogens with zero attached hydrogens (tertiary/aromatic N) is 1. The molecular weight excluding hydrogens is 354 g/mol. The maximum absolute atomic E-state index is 13.5. The standard InChI is InChI=1S/C23H25NO4/c25-23(18-11-12-26-14-18)24(13-17-7-4-10-21-22(17)28-15-27-21)20-9-3-6-16-5-1-2-8-19(16)20/h1-2,4-5,7-8,10,18,20H,3,6,9,11-15H2/t18-,20+/m0/s1. The molecule has 0 aromatic heterocycles. The number of aryl methyl sites for hydroxylation is 1. The van der Waals surface area contributed by atoms with Gasteiger partial charge in [0.2, 0.25) is 12.7 Å². The third-order valence-electron chi connectivity index (χ3n) is 6.09. The molecule has 1 amide bonds. The minimum atomic E-state index is -0.0528. The monoisotopic (exact) mass is 379 g/mol. The molecule has 5 nitrogen and oxygen atoms in total. The lowest BCUT2D eigenvalue weighted by Crippen LogP contribution is -2.40. The fourth-order valence-electron chi connectivity index (χ4n) is 4.66. The zero-order chi connectivity index (χ0) is 18.9. The van der Waals surface area contributed by atoms with Gasteiger partial charge in [-0.2, -0.15) is 0 Å². The number of fused-ring (bicyclic) bond motifs is 2. The molecule has 1 fully saturated rings. The van der Waals surface area contributed by atoms with Crippen LogP contribution in [0.3, 0.4) is 0 Å². The van der Waals surface area contributed by atoms with Crippen LogP contribution in [0.15, 0.2) is 42.5 Å². The molecule has 0 N–H and O–H groups in total. The Labute approximate surface area is 165 Å². The van der Waals surface area contributed by atoms with Gasteiger partial charge in [-0.3, -0.25) is 4.79 Å². The van der Waals surface area contributed by atoms with Crippen molar-refractivity contribution in [2.75, 3.05) is 20.0 Å². The van der Waals surface area contributed by atoms with Crippen LogP contribution in [0.2, 0.25) is 0 Å². The molecule has 0 unspecified atom stereocenters. The highest BCUT2D eigenvalue weighted by molar-refractivity contribution is 5.80. The van der Waals surface area contributed by atoms with Crippen molar-refractivity contribution in [2.24, 2.45) is 5.92 Å². The molecule has 28 heavy (non-hydrogen) atoms. The topological polar surface area (TPSA) is 48.0 Å². The van der Waals surface area contributed by atoms with Crippen LogP contribution in [0.4, 0.5) is 0 Å². The highest BCUT2D eigenvalue weighted by Crippen LogP contribution is 2.40. The van der Waals surface area contributed by atoms with Gasteiger partial charge in [-0.25, -0.2) is 0 Å². The lowest BCUT2D eigenvalue weighted by molar-refractivity contribution is -0.139. The Hall–Kier alpha value is -2.53. The summed E-state index contributed by atoms with van der Waals surface area (Å²) in [5, 5.41) is 0. The second-order valence-corrected chi connectivity index (χ2v) is 7.78. The molecule has 5 heteroatoms. The number of carbonyl (C=O) groups is 1. The van der Waals surface area contributed by atoms with E-state index in [4.69, 9.17) is 14.2 Å². The van der Waals surface area contributed by atoms with E-state index < -0.39 is 0 Å². The Morgan fingerprint density at radius 1 is 1.07 bits per heavy atom. The number of hydrogen-bond acceptors (Lipinski definition) is 4. The summed E-state index contributed by atoms with van der Waals surface area (Å²) < 4.78 is 16.8. The Balaban J connectivity index is 1.51. The molecule has 3 aliphatic rings. The van der Waals surface area contributed by atoms with Crippen LogP contribution in [0.25, 0.3) is 0 Å². The third-order valence-corrected chi connectivity index (χ3v) is 6.09. The Morgan fingerprint density at radius 3 is 2.89 bits per heavy atom. The molecule has 0 saturated carbocycles. The van der Waals surface area contributed by atoms with Crippen LogP contribution >= 0.6 is 0 Å². The molecule has 2 aromatic rings. The number of hydrogen-bond donors (Lipinski definition) is 0. The van der Waals surface area contributed by atoms with Crippen LogP contribution in [-0.2, 0) is 22.5 Å². The summed E-state index contributed by atoms with van der Waals surface area (Å²) in [5.41, 5.74) is 3.65. The molecule has 2 aromatic carbocycles. The van der Waals surface area contributed by atoms with Gasteiger partial charge in [-0.05, 0) is 42.9 Å². The predicted octanol–water partition coefficient (Wildman–Crippen LogP) is 3.86. The van der Waals surface area contributed by atoms with Gasteiger partial charge in [-0.1, -0.05) is 36.4 Å². The first kappa shape index (κ1) is 17.6. The minimum Gasteiger partial charge on any atom is -0.454 e. The Morgan fingerprint density at radius 2 is 2.00 bits per heavy atom. The lowest BCUT2D eigenvalue weighted by Gasteiger charge is -2.37. The van der Waals surface area contributed by atoms with Crippen molar-refractivity contribution in [3.8, 4) is 11.5 Å². The van der Waals surface area contributed by atoms with Gasteiger partial charge in [0.1, 0.15) is 0 Å². The fourth-order valence-corrected chi connectivity index (χ4v) is 4.66. The van der Waals surface area contributed by atoms with Gasteiger partial charge in [0.05, 0.1) is 25.1 Å². The summed E-state index contributed by atoms with van der Waals surface area (Å²) >= 11 is 0. The highest BCUT2D eigenvalue weighted by Gasteiger charge is 2.35. The van der Waals surface area contributed by atoms with Gasteiger partial charge in [0.25, 0.3) is 0 Å². The average molecular weight is 379 g/mol. The summed E-state index contributed by atoms with van der Waals surface area (Å²) in [5.74, 6) is 1.67. The van der Waals surface area contributed by atoms with E-state index in [0.29, 0.717) is 19.8 Å². The van der Waals surface area contributed by atoms with E-state index in [1.807, 2.05) is 18.2 Å². The highest BCUT2D eigenvalue weighted by atomic mass is 16.7. The zero-order valence-corrected chi connectivity index (χ0v) is 15.9. The quantitative estimate of drug-likeness (QED) is 0.809. The van der Waals surface area contributed by atoms with Gasteiger partial charge in [-0.15, -0.1) is 0 Å². The van der Waals surface area contributed by atoms with Gasteiger partial charge in [0.15, 0.2) is 11.5 Å². The lowest BCUT2D eigenvalue weighted by atomic mass is 9.86. The second kappa shape index (κ2) is 7.47. The van der Waals surface area contributed by atoms with E-state index in [0.717, 1.165) is 42.7 Å². The van der Waals surface area contributed by atoms with Crippen molar-refractivity contribution in [1.29, 1.82) is 0 Å². The van der Waals surface area contributed by atoms with Crippen LogP contribution in [0, 0.1) is 5.92 Å². The van der Waals surface area contributed by atoms with Crippen molar-refractivity contribution < 1.29 is 19.0 Å². The molecule has 1 aliphatic carbocycles. The van der Waals surface area contributed by atoms with E-state index in [9.17, 15) is 4.79 Å². The number of amides is 1. The van der Waals surface area contributed by atoms with E-state index in [-0.39, 0.29) is 24.7 Å². The van der Waals surface area contributed by atoms with E-state index in [1.54, 1.807) is 0 Å².